The Hall–Kier alpha value is -0.910. The number of aliphatic imine (C=N–C) groups is 1. The van der Waals surface area contributed by atoms with E-state index in [-0.39, 0.29) is 6.79 Å². The van der Waals surface area contributed by atoms with E-state index >= 15 is 0 Å². The molecule has 21 heavy (non-hydrogen) atoms. The van der Waals surface area contributed by atoms with Crippen LogP contribution in [-0.4, -0.2) is 18.0 Å². The van der Waals surface area contributed by atoms with Crippen LogP contribution in [0.4, 0.5) is 0 Å². The molecule has 0 aromatic heterocycles. The molecule has 0 unspecified atom stereocenters. The van der Waals surface area contributed by atoms with Crippen molar-refractivity contribution in [3.8, 4) is 5.75 Å². The molecule has 1 aliphatic heterocycles. The first-order valence-corrected chi connectivity index (χ1v) is 8.56. The lowest BCUT2D eigenvalue weighted by atomic mass is 10.1. The average Bonchev–Trinajstić information content (AvgIpc) is 2.97. The molecule has 1 heterocycles. The highest BCUT2D eigenvalue weighted by molar-refractivity contribution is 8.13. The largest absolute Gasteiger partial charge is 0.467 e. The average molecular weight is 327 g/mol. The molecule has 0 atom stereocenters. The van der Waals surface area contributed by atoms with Crippen LogP contribution in [0, 0.1) is 0 Å². The minimum atomic E-state index is 0.290. The normalized spacial score (nSPS) is 19.4. The summed E-state index contributed by atoms with van der Waals surface area (Å²) < 4.78 is 10.9. The topological polar surface area (TPSA) is 56.8 Å². The molecule has 114 valence electrons. The van der Waals surface area contributed by atoms with Crippen molar-refractivity contribution < 1.29 is 9.47 Å². The lowest BCUT2D eigenvalue weighted by Crippen LogP contribution is -2.14. The second-order valence-electron chi connectivity index (χ2n) is 5.36. The van der Waals surface area contributed by atoms with Gasteiger partial charge in [0.15, 0.2) is 12.0 Å². The summed E-state index contributed by atoms with van der Waals surface area (Å²) in [4.78, 5) is 4.58. The van der Waals surface area contributed by atoms with E-state index in [1.54, 1.807) is 11.8 Å². The quantitative estimate of drug-likeness (QED) is 0.679. The van der Waals surface area contributed by atoms with Crippen molar-refractivity contribution in [3.05, 3.63) is 28.3 Å². The Morgan fingerprint density at radius 1 is 1.38 bits per heavy atom. The molecule has 0 radical (unpaired) electrons. The molecule has 2 aliphatic rings. The summed E-state index contributed by atoms with van der Waals surface area (Å²) in [5, 5.41) is 1.35. The van der Waals surface area contributed by atoms with Crippen molar-refractivity contribution in [2.24, 2.45) is 10.7 Å². The fourth-order valence-corrected chi connectivity index (χ4v) is 3.77. The van der Waals surface area contributed by atoms with Crippen LogP contribution in [0.25, 0.3) is 0 Å². The number of amidine groups is 1. The van der Waals surface area contributed by atoms with Crippen molar-refractivity contribution >= 4 is 28.5 Å². The number of ether oxygens (including phenoxy) is 2. The number of benzene rings is 1. The molecule has 0 amide bonds. The minimum absolute atomic E-state index is 0.290. The maximum absolute atomic E-state index is 6.15. The third kappa shape index (κ3) is 3.84. The number of thioether (sulfide) groups is 1. The maximum Gasteiger partial charge on any atom is 0.189 e. The van der Waals surface area contributed by atoms with Crippen LogP contribution >= 0.6 is 23.4 Å². The van der Waals surface area contributed by atoms with E-state index in [2.05, 4.69) is 4.99 Å². The number of nitrogens with two attached hydrogens (primary N) is 1. The van der Waals surface area contributed by atoms with Crippen molar-refractivity contribution in [3.63, 3.8) is 0 Å². The zero-order valence-electron chi connectivity index (χ0n) is 11.8. The number of hydrogen-bond donors (Lipinski definition) is 1. The number of nitrogens with zero attached hydrogens (tertiary/aromatic N) is 1. The van der Waals surface area contributed by atoms with Gasteiger partial charge in [-0.1, -0.05) is 36.2 Å². The molecule has 1 aliphatic carbocycles. The second kappa shape index (κ2) is 6.90. The summed E-state index contributed by atoms with van der Waals surface area (Å²) in [6.07, 6.45) is 4.85. The molecule has 0 saturated heterocycles. The maximum atomic E-state index is 6.15. The Balaban J connectivity index is 1.68. The number of rotatable bonds is 3. The molecule has 1 aromatic rings. The van der Waals surface area contributed by atoms with Gasteiger partial charge in [-0.15, -0.1) is 0 Å². The zero-order chi connectivity index (χ0) is 14.7. The molecule has 1 saturated carbocycles. The molecule has 1 fully saturated rings. The van der Waals surface area contributed by atoms with E-state index < -0.39 is 0 Å². The first-order valence-electron chi connectivity index (χ1n) is 7.20. The van der Waals surface area contributed by atoms with Crippen LogP contribution < -0.4 is 10.5 Å². The van der Waals surface area contributed by atoms with Gasteiger partial charge in [0.25, 0.3) is 0 Å². The first-order chi connectivity index (χ1) is 10.2. The molecular weight excluding hydrogens is 308 g/mol. The summed E-state index contributed by atoms with van der Waals surface area (Å²) in [5.41, 5.74) is 8.08. The van der Waals surface area contributed by atoms with Crippen LogP contribution in [0.2, 0.25) is 5.02 Å². The monoisotopic (exact) mass is 326 g/mol. The smallest absolute Gasteiger partial charge is 0.189 e. The van der Waals surface area contributed by atoms with E-state index in [0.29, 0.717) is 28.6 Å². The molecular formula is C15H19ClN2O2S. The molecule has 6 heteroatoms. The van der Waals surface area contributed by atoms with Crippen LogP contribution in [-0.2, 0) is 17.1 Å². The fourth-order valence-electron chi connectivity index (χ4n) is 2.77. The summed E-state index contributed by atoms with van der Waals surface area (Å²) in [6, 6.07) is 4.23. The standard InChI is InChI=1S/C15H19ClN2O2S/c16-12-5-10-7-19-9-20-14(10)11(6-12)8-21-15(17)18-13-3-1-2-4-13/h5-6,13H,1-4,7-9H2,(H2,17,18). The number of halogens is 1. The molecule has 0 spiro atoms. The van der Waals surface area contributed by atoms with Crippen molar-refractivity contribution in [2.75, 3.05) is 6.79 Å². The van der Waals surface area contributed by atoms with E-state index in [0.717, 1.165) is 29.7 Å². The summed E-state index contributed by atoms with van der Waals surface area (Å²) >= 11 is 7.70. The van der Waals surface area contributed by atoms with Gasteiger partial charge in [0, 0.05) is 21.9 Å². The molecule has 3 rings (SSSR count). The SMILES string of the molecule is NC(=NC1CCCC1)SCc1cc(Cl)cc2c1OCOC2. The fraction of sp³-hybridized carbons (Fsp3) is 0.533. The molecule has 2 N–H and O–H groups in total. The Morgan fingerprint density at radius 2 is 2.19 bits per heavy atom. The molecule has 4 nitrogen and oxygen atoms in total. The van der Waals surface area contributed by atoms with Crippen LogP contribution in [0.1, 0.15) is 36.8 Å². The Morgan fingerprint density at radius 3 is 3.00 bits per heavy atom. The van der Waals surface area contributed by atoms with Gasteiger partial charge < -0.3 is 15.2 Å². The van der Waals surface area contributed by atoms with Crippen molar-refractivity contribution in [2.45, 2.75) is 44.1 Å². The van der Waals surface area contributed by atoms with Crippen LogP contribution in [0.5, 0.6) is 5.75 Å². The van der Waals surface area contributed by atoms with Crippen LogP contribution in [0.15, 0.2) is 17.1 Å². The van der Waals surface area contributed by atoms with E-state index in [1.165, 1.54) is 12.8 Å². The highest BCUT2D eigenvalue weighted by Gasteiger charge is 2.17. The highest BCUT2D eigenvalue weighted by atomic mass is 35.5. The van der Waals surface area contributed by atoms with E-state index in [4.69, 9.17) is 26.8 Å². The first kappa shape index (κ1) is 15.0. The lowest BCUT2D eigenvalue weighted by Gasteiger charge is -2.21. The summed E-state index contributed by atoms with van der Waals surface area (Å²) in [6.45, 7) is 0.831. The number of fused-ring (bicyclic) bond motifs is 1. The van der Waals surface area contributed by atoms with E-state index in [9.17, 15) is 0 Å². The highest BCUT2D eigenvalue weighted by Crippen LogP contribution is 2.34. The lowest BCUT2D eigenvalue weighted by molar-refractivity contribution is -0.0168. The molecule has 1 aromatic carbocycles. The van der Waals surface area contributed by atoms with Gasteiger partial charge in [0.1, 0.15) is 5.75 Å². The van der Waals surface area contributed by atoms with Gasteiger partial charge in [-0.2, -0.15) is 0 Å². The minimum Gasteiger partial charge on any atom is -0.467 e. The molecule has 0 bridgehead atoms. The Kier molecular flexibility index (Phi) is 4.93. The van der Waals surface area contributed by atoms with E-state index in [1.807, 2.05) is 12.1 Å². The Bertz CT molecular complexity index is 545. The predicted molar refractivity (Wildman–Crippen MR) is 86.9 cm³/mol. The third-order valence-electron chi connectivity index (χ3n) is 3.76. The van der Waals surface area contributed by atoms with Gasteiger partial charge in [-0.3, -0.25) is 4.99 Å². The van der Waals surface area contributed by atoms with Gasteiger partial charge in [-0.25, -0.2) is 0 Å². The Labute approximate surface area is 134 Å². The predicted octanol–water partition coefficient (Wildman–Crippen LogP) is 3.70. The van der Waals surface area contributed by atoms with Gasteiger partial charge in [0.2, 0.25) is 0 Å². The second-order valence-corrected chi connectivity index (χ2v) is 6.79. The van der Waals surface area contributed by atoms with Gasteiger partial charge in [-0.05, 0) is 25.0 Å². The van der Waals surface area contributed by atoms with Gasteiger partial charge >= 0.3 is 0 Å². The van der Waals surface area contributed by atoms with Crippen LogP contribution in [0.3, 0.4) is 0 Å². The zero-order valence-corrected chi connectivity index (χ0v) is 13.4. The van der Waals surface area contributed by atoms with Gasteiger partial charge in [0.05, 0.1) is 12.6 Å². The summed E-state index contributed by atoms with van der Waals surface area (Å²) in [5.74, 6) is 1.59. The van der Waals surface area contributed by atoms with Crippen molar-refractivity contribution in [1.29, 1.82) is 0 Å². The number of hydrogen-bond acceptors (Lipinski definition) is 4. The third-order valence-corrected chi connectivity index (χ3v) is 4.84. The van der Waals surface area contributed by atoms with Crippen molar-refractivity contribution in [1.82, 2.24) is 0 Å². The summed E-state index contributed by atoms with van der Waals surface area (Å²) in [7, 11) is 0.